The molecule has 0 heterocycles. The van der Waals surface area contributed by atoms with Crippen molar-refractivity contribution in [2.75, 3.05) is 6.61 Å². The Hall–Kier alpha value is -1.26. The average molecular weight is 484 g/mol. The lowest BCUT2D eigenvalue weighted by Crippen LogP contribution is -2.07. The van der Waals surface area contributed by atoms with Crippen LogP contribution in [0.1, 0.15) is 50.2 Å². The fourth-order valence-electron chi connectivity index (χ4n) is 3.11. The van der Waals surface area contributed by atoms with Gasteiger partial charge in [0, 0.05) is 6.08 Å². The van der Waals surface area contributed by atoms with E-state index in [4.69, 9.17) is 38.0 Å². The largest absolute Gasteiger partial charge is 0.463 e. The number of hydrogen-bond donors (Lipinski definition) is 0. The summed E-state index contributed by atoms with van der Waals surface area (Å²) in [5.41, 5.74) is 4.69. The molecule has 0 saturated carbocycles. The summed E-state index contributed by atoms with van der Waals surface area (Å²) in [5, 5.41) is 0. The van der Waals surface area contributed by atoms with Crippen molar-refractivity contribution in [2.24, 2.45) is 0 Å². The van der Waals surface area contributed by atoms with E-state index in [9.17, 15) is 4.79 Å². The highest BCUT2D eigenvalue weighted by atomic mass is 35.8. The summed E-state index contributed by atoms with van der Waals surface area (Å²) in [4.78, 5) is 11.9. The molecule has 0 aliphatic rings. The third-order valence-corrected chi connectivity index (χ3v) is 7.37. The van der Waals surface area contributed by atoms with Crippen LogP contribution in [0.2, 0.25) is 6.04 Å². The van der Waals surface area contributed by atoms with Crippen LogP contribution in [0.5, 0.6) is 0 Å². The Bertz CT molecular complexity index is 797. The van der Waals surface area contributed by atoms with Crippen LogP contribution >= 0.6 is 33.2 Å². The molecule has 0 atom stereocenters. The summed E-state index contributed by atoms with van der Waals surface area (Å²) in [6.07, 6.45) is 9.21. The molecule has 0 aromatic heterocycles. The number of esters is 1. The number of carbonyl (C=O) groups is 1. The maximum absolute atomic E-state index is 11.9. The van der Waals surface area contributed by atoms with Crippen LogP contribution in [-0.2, 0) is 16.0 Å². The molecule has 0 fully saturated rings. The van der Waals surface area contributed by atoms with Gasteiger partial charge in [-0.2, -0.15) is 0 Å². The molecule has 2 nitrogen and oxygen atoms in total. The molecule has 0 spiro atoms. The maximum atomic E-state index is 11.9. The summed E-state index contributed by atoms with van der Waals surface area (Å²) in [6.45, 7) is 2.61. The second-order valence-electron chi connectivity index (χ2n) is 7.35. The first-order valence-corrected chi connectivity index (χ1v) is 15.7. The Morgan fingerprint density at radius 1 is 0.900 bits per heavy atom. The lowest BCUT2D eigenvalue weighted by molar-refractivity contribution is -0.137. The van der Waals surface area contributed by atoms with Crippen LogP contribution < -0.4 is 0 Å². The Morgan fingerprint density at radius 2 is 1.50 bits per heavy atom. The molecule has 2 aromatic rings. The van der Waals surface area contributed by atoms with Gasteiger partial charge in [0.2, 0.25) is 0 Å². The van der Waals surface area contributed by atoms with Gasteiger partial charge in [-0.1, -0.05) is 81.1 Å². The van der Waals surface area contributed by atoms with E-state index in [1.807, 2.05) is 12.1 Å². The highest BCUT2D eigenvalue weighted by molar-refractivity contribution is 7.64. The summed E-state index contributed by atoms with van der Waals surface area (Å²) in [6, 6.07) is 15.0. The number of aryl methyl sites for hydroxylation is 1. The SMILES string of the molecule is CCCc1ccc(-c2ccc(/C=C/C(=O)OCCCCCC[Si](Cl)(Cl)Cl)cc2)cc1. The third-order valence-electron chi connectivity index (χ3n) is 4.75. The highest BCUT2D eigenvalue weighted by Gasteiger charge is 2.23. The molecule has 0 bridgehead atoms. The van der Waals surface area contributed by atoms with Crippen molar-refractivity contribution < 1.29 is 9.53 Å². The van der Waals surface area contributed by atoms with Gasteiger partial charge in [-0.3, -0.25) is 0 Å². The molecule has 30 heavy (non-hydrogen) atoms. The van der Waals surface area contributed by atoms with Gasteiger partial charge in [0.25, 0.3) is 0 Å². The average Bonchev–Trinajstić information content (AvgIpc) is 2.72. The van der Waals surface area contributed by atoms with Crippen LogP contribution in [0.15, 0.2) is 54.6 Å². The van der Waals surface area contributed by atoms with E-state index in [1.54, 1.807) is 6.08 Å². The molecule has 0 aliphatic carbocycles. The van der Waals surface area contributed by atoms with Gasteiger partial charge in [-0.15, -0.1) is 33.2 Å². The lowest BCUT2D eigenvalue weighted by Gasteiger charge is -2.07. The molecular weight excluding hydrogens is 455 g/mol. The van der Waals surface area contributed by atoms with Crippen molar-refractivity contribution in [3.8, 4) is 11.1 Å². The van der Waals surface area contributed by atoms with E-state index >= 15 is 0 Å². The first kappa shape index (κ1) is 25.0. The van der Waals surface area contributed by atoms with Gasteiger partial charge in [0.1, 0.15) is 0 Å². The topological polar surface area (TPSA) is 26.3 Å². The van der Waals surface area contributed by atoms with Crippen LogP contribution in [-0.4, -0.2) is 18.6 Å². The molecular formula is C24H29Cl3O2Si. The maximum Gasteiger partial charge on any atom is 0.341 e. The Kier molecular flexibility index (Phi) is 11.0. The molecule has 0 aliphatic heterocycles. The minimum absolute atomic E-state index is 0.320. The zero-order valence-electron chi connectivity index (χ0n) is 17.4. The van der Waals surface area contributed by atoms with Crippen LogP contribution in [0.25, 0.3) is 17.2 Å². The second kappa shape index (κ2) is 13.2. The zero-order valence-corrected chi connectivity index (χ0v) is 20.6. The number of halogens is 3. The smallest absolute Gasteiger partial charge is 0.341 e. The van der Waals surface area contributed by atoms with Gasteiger partial charge in [0.15, 0.2) is 0 Å². The van der Waals surface area contributed by atoms with Gasteiger partial charge < -0.3 is 4.74 Å². The van der Waals surface area contributed by atoms with Gasteiger partial charge in [-0.05, 0) is 47.2 Å². The Balaban J connectivity index is 1.71. The van der Waals surface area contributed by atoms with Crippen LogP contribution in [0.3, 0.4) is 0 Å². The first-order chi connectivity index (χ1) is 14.4. The quantitative estimate of drug-likeness (QED) is 0.100. The molecule has 0 saturated heterocycles. The van der Waals surface area contributed by atoms with E-state index in [0.717, 1.165) is 49.7 Å². The normalized spacial score (nSPS) is 11.7. The summed E-state index contributed by atoms with van der Waals surface area (Å²) in [7, 11) is 0. The number of rotatable bonds is 12. The number of ether oxygens (including phenoxy) is 1. The lowest BCUT2D eigenvalue weighted by atomic mass is 10.0. The molecule has 162 valence electrons. The van der Waals surface area contributed by atoms with Crippen molar-refractivity contribution >= 4 is 51.3 Å². The van der Waals surface area contributed by atoms with E-state index in [2.05, 4.69) is 43.3 Å². The fourth-order valence-corrected chi connectivity index (χ4v) is 4.96. The zero-order chi connectivity index (χ0) is 21.8. The predicted molar refractivity (Wildman–Crippen MR) is 132 cm³/mol. The summed E-state index contributed by atoms with van der Waals surface area (Å²) < 4.78 is 5.24. The number of carbonyl (C=O) groups excluding carboxylic acids is 1. The van der Waals surface area contributed by atoms with E-state index < -0.39 is 6.00 Å². The summed E-state index contributed by atoms with van der Waals surface area (Å²) in [5.74, 6) is -0.320. The molecule has 6 heteroatoms. The number of benzene rings is 2. The van der Waals surface area contributed by atoms with Gasteiger partial charge >= 0.3 is 12.0 Å². The van der Waals surface area contributed by atoms with Crippen LogP contribution in [0.4, 0.5) is 0 Å². The molecule has 2 rings (SSSR count). The summed E-state index contributed by atoms with van der Waals surface area (Å²) >= 11 is 17.5. The van der Waals surface area contributed by atoms with Crippen molar-refractivity contribution in [3.63, 3.8) is 0 Å². The van der Waals surface area contributed by atoms with Gasteiger partial charge in [-0.25, -0.2) is 4.79 Å². The van der Waals surface area contributed by atoms with E-state index in [0.29, 0.717) is 12.7 Å². The Labute approximate surface area is 195 Å². The minimum atomic E-state index is -2.49. The Morgan fingerprint density at radius 3 is 2.10 bits per heavy atom. The molecule has 0 radical (unpaired) electrons. The highest BCUT2D eigenvalue weighted by Crippen LogP contribution is 2.27. The number of unbranched alkanes of at least 4 members (excludes halogenated alkanes) is 3. The molecule has 2 aromatic carbocycles. The molecule has 0 N–H and O–H groups in total. The first-order valence-electron chi connectivity index (χ1n) is 10.5. The standard InChI is InChI=1S/C24H29Cl3O2Si/c1-2-7-20-8-13-22(14-9-20)23-15-10-21(11-16-23)12-17-24(28)29-18-5-3-4-6-19-30(25,26)27/h8-17H,2-7,18-19H2,1H3/b17-12+. The van der Waals surface area contributed by atoms with E-state index in [1.165, 1.54) is 17.2 Å². The third kappa shape index (κ3) is 10.2. The predicted octanol–water partition coefficient (Wildman–Crippen LogP) is 8.08. The van der Waals surface area contributed by atoms with Gasteiger partial charge in [0.05, 0.1) is 6.61 Å². The second-order valence-corrected chi connectivity index (χ2v) is 16.6. The number of hydrogen-bond acceptors (Lipinski definition) is 2. The van der Waals surface area contributed by atoms with Crippen LogP contribution in [0, 0.1) is 0 Å². The van der Waals surface area contributed by atoms with Crippen molar-refractivity contribution in [3.05, 3.63) is 65.7 Å². The minimum Gasteiger partial charge on any atom is -0.463 e. The van der Waals surface area contributed by atoms with E-state index in [-0.39, 0.29) is 5.97 Å². The molecule has 0 unspecified atom stereocenters. The fraction of sp³-hybridized carbons (Fsp3) is 0.375. The monoisotopic (exact) mass is 482 g/mol. The van der Waals surface area contributed by atoms with Crippen molar-refractivity contribution in [1.82, 2.24) is 0 Å². The molecule has 0 amide bonds. The van der Waals surface area contributed by atoms with Crippen molar-refractivity contribution in [2.45, 2.75) is 51.5 Å². The van der Waals surface area contributed by atoms with Crippen molar-refractivity contribution in [1.29, 1.82) is 0 Å².